The molecule has 0 spiro atoms. The molecule has 4 aromatic rings. The fourth-order valence-corrected chi connectivity index (χ4v) is 5.05. The number of benzene rings is 3. The van der Waals surface area contributed by atoms with E-state index in [4.69, 9.17) is 0 Å². The molecule has 41 heavy (non-hydrogen) atoms. The summed E-state index contributed by atoms with van der Waals surface area (Å²) in [5.74, 6) is 0.987. The highest BCUT2D eigenvalue weighted by atomic mass is 32.1. The van der Waals surface area contributed by atoms with Crippen LogP contribution in [0.1, 0.15) is 43.7 Å². The number of carbonyl (C=O) groups excluding carboxylic acids is 2. The van der Waals surface area contributed by atoms with Crippen molar-refractivity contribution in [1.82, 2.24) is 30.8 Å². The number of carbonyl (C=O) groups is 2. The standard InChI is InChI=1S/C32H38N6O2S/c1-2-3-14-30(39)38(20-9-19-33-32(40)27(23-41)21-24-10-5-4-6-11-24)22-25-15-17-26(18-16-25)28-12-7-8-13-29(28)31-34-36-37-35-31/h4-8,10-13,15-18,27,41H,2-3,9,14,19-23H2,1H3,(H,33,40)(H,34,35,36,37). The van der Waals surface area contributed by atoms with Crippen molar-refractivity contribution in [2.45, 2.75) is 45.6 Å². The number of nitrogens with zero attached hydrogens (tertiary/aromatic N) is 4. The third kappa shape index (κ3) is 8.75. The Hall–Kier alpha value is -3.98. The molecular formula is C32H38N6O2S. The molecule has 2 amide bonds. The van der Waals surface area contributed by atoms with Gasteiger partial charge in [0.2, 0.25) is 17.6 Å². The van der Waals surface area contributed by atoms with E-state index in [9.17, 15) is 9.59 Å². The van der Waals surface area contributed by atoms with Gasteiger partial charge in [-0.25, -0.2) is 0 Å². The Kier molecular flexibility index (Phi) is 11.5. The van der Waals surface area contributed by atoms with Crippen molar-refractivity contribution >= 4 is 24.4 Å². The molecule has 0 saturated carbocycles. The highest BCUT2D eigenvalue weighted by Crippen LogP contribution is 2.30. The molecule has 1 unspecified atom stereocenters. The maximum absolute atomic E-state index is 13.1. The van der Waals surface area contributed by atoms with Gasteiger partial charge in [0.05, 0.1) is 5.92 Å². The Morgan fingerprint density at radius 3 is 2.34 bits per heavy atom. The summed E-state index contributed by atoms with van der Waals surface area (Å²) < 4.78 is 0. The van der Waals surface area contributed by atoms with Crippen molar-refractivity contribution in [3.05, 3.63) is 90.0 Å². The lowest BCUT2D eigenvalue weighted by atomic mass is 9.98. The van der Waals surface area contributed by atoms with Crippen molar-refractivity contribution in [2.24, 2.45) is 5.92 Å². The number of H-pyrrole nitrogens is 1. The van der Waals surface area contributed by atoms with Gasteiger partial charge in [0.25, 0.3) is 0 Å². The first-order chi connectivity index (χ1) is 20.1. The second-order valence-electron chi connectivity index (χ2n) is 10.1. The zero-order chi connectivity index (χ0) is 28.9. The van der Waals surface area contributed by atoms with E-state index in [1.165, 1.54) is 0 Å². The van der Waals surface area contributed by atoms with Crippen LogP contribution >= 0.6 is 12.6 Å². The van der Waals surface area contributed by atoms with E-state index in [1.54, 1.807) is 0 Å². The van der Waals surface area contributed by atoms with Crippen LogP contribution in [0.2, 0.25) is 0 Å². The van der Waals surface area contributed by atoms with Gasteiger partial charge in [0.1, 0.15) is 0 Å². The first-order valence-corrected chi connectivity index (χ1v) is 14.8. The Morgan fingerprint density at radius 1 is 0.927 bits per heavy atom. The molecule has 0 saturated heterocycles. The molecule has 0 aliphatic rings. The fraction of sp³-hybridized carbons (Fsp3) is 0.344. The smallest absolute Gasteiger partial charge is 0.224 e. The highest BCUT2D eigenvalue weighted by molar-refractivity contribution is 7.80. The van der Waals surface area contributed by atoms with Crippen molar-refractivity contribution < 1.29 is 9.59 Å². The predicted octanol–water partition coefficient (Wildman–Crippen LogP) is 5.35. The van der Waals surface area contributed by atoms with E-state index in [0.29, 0.717) is 50.5 Å². The molecule has 0 radical (unpaired) electrons. The molecule has 0 fully saturated rings. The molecule has 8 nitrogen and oxygen atoms in total. The van der Waals surface area contributed by atoms with Gasteiger partial charge in [-0.05, 0) is 46.7 Å². The van der Waals surface area contributed by atoms with Crippen molar-refractivity contribution in [3.63, 3.8) is 0 Å². The van der Waals surface area contributed by atoms with Crippen molar-refractivity contribution in [3.8, 4) is 22.5 Å². The lowest BCUT2D eigenvalue weighted by Crippen LogP contribution is -2.36. The Balaban J connectivity index is 1.35. The summed E-state index contributed by atoms with van der Waals surface area (Å²) in [5, 5.41) is 17.5. The number of amides is 2. The first-order valence-electron chi connectivity index (χ1n) is 14.2. The molecule has 2 N–H and O–H groups in total. The van der Waals surface area contributed by atoms with Crippen LogP contribution in [0.3, 0.4) is 0 Å². The van der Waals surface area contributed by atoms with Gasteiger partial charge in [-0.3, -0.25) is 9.59 Å². The number of aromatic amines is 1. The molecule has 1 aromatic heterocycles. The number of nitrogens with one attached hydrogen (secondary N) is 2. The maximum Gasteiger partial charge on any atom is 0.224 e. The number of unbranched alkanes of at least 4 members (excludes halogenated alkanes) is 1. The van der Waals surface area contributed by atoms with Crippen LogP contribution in [0.5, 0.6) is 0 Å². The van der Waals surface area contributed by atoms with E-state index >= 15 is 0 Å². The SMILES string of the molecule is CCCCC(=O)N(CCCNC(=O)C(CS)Cc1ccccc1)Cc1ccc(-c2ccccc2-c2nn[nH]n2)cc1. The molecule has 4 rings (SSSR count). The van der Waals surface area contributed by atoms with E-state index in [1.807, 2.05) is 59.5 Å². The Bertz CT molecular complexity index is 1360. The maximum atomic E-state index is 13.1. The van der Waals surface area contributed by atoms with E-state index in [0.717, 1.165) is 40.7 Å². The van der Waals surface area contributed by atoms with Crippen LogP contribution in [0.4, 0.5) is 0 Å². The molecule has 1 atom stereocenters. The topological polar surface area (TPSA) is 104 Å². The molecule has 0 aliphatic carbocycles. The van der Waals surface area contributed by atoms with Crippen molar-refractivity contribution in [2.75, 3.05) is 18.8 Å². The van der Waals surface area contributed by atoms with Crippen LogP contribution < -0.4 is 5.32 Å². The minimum absolute atomic E-state index is 0.00408. The van der Waals surface area contributed by atoms with Crippen LogP contribution in [0, 0.1) is 5.92 Å². The van der Waals surface area contributed by atoms with Crippen LogP contribution in [0.25, 0.3) is 22.5 Å². The summed E-state index contributed by atoms with van der Waals surface area (Å²) in [7, 11) is 0. The van der Waals surface area contributed by atoms with Gasteiger partial charge in [-0.1, -0.05) is 92.2 Å². The average Bonchev–Trinajstić information content (AvgIpc) is 3.56. The van der Waals surface area contributed by atoms with Gasteiger partial charge in [0, 0.05) is 37.4 Å². The minimum Gasteiger partial charge on any atom is -0.356 e. The van der Waals surface area contributed by atoms with Gasteiger partial charge in [-0.2, -0.15) is 17.8 Å². The number of thiol groups is 1. The summed E-state index contributed by atoms with van der Waals surface area (Å²) in [4.78, 5) is 27.8. The Morgan fingerprint density at radius 2 is 1.66 bits per heavy atom. The summed E-state index contributed by atoms with van der Waals surface area (Å²) in [6, 6.07) is 26.2. The average molecular weight is 571 g/mol. The molecule has 0 bridgehead atoms. The van der Waals surface area contributed by atoms with E-state index in [2.05, 4.69) is 69.8 Å². The molecule has 0 aliphatic heterocycles. The number of rotatable bonds is 15. The molecule has 214 valence electrons. The number of hydrogen-bond donors (Lipinski definition) is 3. The third-order valence-corrected chi connectivity index (χ3v) is 7.51. The van der Waals surface area contributed by atoms with E-state index < -0.39 is 0 Å². The molecule has 9 heteroatoms. The third-order valence-electron chi connectivity index (χ3n) is 7.07. The normalized spacial score (nSPS) is 11.7. The van der Waals surface area contributed by atoms with E-state index in [-0.39, 0.29) is 17.7 Å². The zero-order valence-electron chi connectivity index (χ0n) is 23.5. The first kappa shape index (κ1) is 30.0. The molecule has 3 aromatic carbocycles. The quantitative estimate of drug-likeness (QED) is 0.132. The number of aromatic nitrogens is 4. The second-order valence-corrected chi connectivity index (χ2v) is 10.5. The van der Waals surface area contributed by atoms with Gasteiger partial charge < -0.3 is 10.2 Å². The van der Waals surface area contributed by atoms with Gasteiger partial charge in [0.15, 0.2) is 0 Å². The minimum atomic E-state index is -0.188. The summed E-state index contributed by atoms with van der Waals surface area (Å²) in [5.41, 5.74) is 5.13. The molecule has 1 heterocycles. The summed E-state index contributed by atoms with van der Waals surface area (Å²) in [6.45, 7) is 3.71. The number of hydrogen-bond acceptors (Lipinski definition) is 6. The van der Waals surface area contributed by atoms with Crippen LogP contribution in [0.15, 0.2) is 78.9 Å². The zero-order valence-corrected chi connectivity index (χ0v) is 24.4. The molecular weight excluding hydrogens is 532 g/mol. The lowest BCUT2D eigenvalue weighted by Gasteiger charge is -2.24. The number of tetrazole rings is 1. The van der Waals surface area contributed by atoms with Crippen LogP contribution in [-0.4, -0.2) is 56.2 Å². The summed E-state index contributed by atoms with van der Waals surface area (Å²) >= 11 is 4.41. The highest BCUT2D eigenvalue weighted by Gasteiger charge is 2.18. The largest absolute Gasteiger partial charge is 0.356 e. The lowest BCUT2D eigenvalue weighted by molar-refractivity contribution is -0.132. The fourth-order valence-electron chi connectivity index (χ4n) is 4.76. The summed E-state index contributed by atoms with van der Waals surface area (Å²) in [6.07, 6.45) is 3.70. The van der Waals surface area contributed by atoms with Gasteiger partial charge >= 0.3 is 0 Å². The second kappa shape index (κ2) is 15.7. The van der Waals surface area contributed by atoms with Crippen LogP contribution in [-0.2, 0) is 22.6 Å². The predicted molar refractivity (Wildman–Crippen MR) is 165 cm³/mol. The van der Waals surface area contributed by atoms with Crippen molar-refractivity contribution in [1.29, 1.82) is 0 Å². The Labute approximate surface area is 247 Å². The monoisotopic (exact) mass is 570 g/mol. The van der Waals surface area contributed by atoms with Gasteiger partial charge in [-0.15, -0.1) is 10.2 Å².